The number of aromatic nitrogens is 4. The van der Waals surface area contributed by atoms with E-state index < -0.39 is 11.7 Å². The fourth-order valence-electron chi connectivity index (χ4n) is 4.18. The number of nitrogens with zero attached hydrogens (tertiary/aromatic N) is 4. The normalized spacial score (nSPS) is 21.5. The van der Waals surface area contributed by atoms with Gasteiger partial charge in [-0.1, -0.05) is 0 Å². The Labute approximate surface area is 163 Å². The van der Waals surface area contributed by atoms with Gasteiger partial charge in [-0.25, -0.2) is 4.68 Å². The lowest BCUT2D eigenvalue weighted by molar-refractivity contribution is -0.137. The molecule has 29 heavy (non-hydrogen) atoms. The van der Waals surface area contributed by atoms with Crippen molar-refractivity contribution in [2.24, 2.45) is 0 Å². The van der Waals surface area contributed by atoms with E-state index in [9.17, 15) is 18.0 Å². The summed E-state index contributed by atoms with van der Waals surface area (Å²) in [5.41, 5.74) is 0.535. The lowest BCUT2D eigenvalue weighted by Crippen LogP contribution is -2.57. The number of hydrogen-bond donors (Lipinski definition) is 1. The summed E-state index contributed by atoms with van der Waals surface area (Å²) in [5.74, 6) is 0.437. The molecule has 2 atom stereocenters. The third-order valence-corrected chi connectivity index (χ3v) is 5.48. The average Bonchev–Trinajstić information content (AvgIpc) is 3.04. The Morgan fingerprint density at radius 3 is 2.38 bits per heavy atom. The summed E-state index contributed by atoms with van der Waals surface area (Å²) in [6.07, 6.45) is -1.58. The molecule has 3 aromatic rings. The van der Waals surface area contributed by atoms with E-state index in [1.807, 2.05) is 4.90 Å². The number of fused-ring (bicyclic) bond motifs is 3. The molecular formula is C19H18F3N5O2. The molecule has 5 heterocycles. The lowest BCUT2D eigenvalue weighted by atomic mass is 9.99. The van der Waals surface area contributed by atoms with E-state index >= 15 is 0 Å². The molecule has 6 rings (SSSR count). The number of piperidine rings is 1. The largest absolute Gasteiger partial charge is 0.416 e. The van der Waals surface area contributed by atoms with Gasteiger partial charge >= 0.3 is 6.18 Å². The quantitative estimate of drug-likeness (QED) is 0.710. The van der Waals surface area contributed by atoms with Crippen LogP contribution in [-0.4, -0.2) is 45.0 Å². The van der Waals surface area contributed by atoms with Crippen LogP contribution in [0, 0.1) is 13.8 Å². The number of morpholine rings is 1. The molecule has 0 amide bonds. The monoisotopic (exact) mass is 405 g/mol. The second-order valence-electron chi connectivity index (χ2n) is 7.68. The van der Waals surface area contributed by atoms with E-state index in [-0.39, 0.29) is 28.8 Å². The second kappa shape index (κ2) is 6.06. The summed E-state index contributed by atoms with van der Waals surface area (Å²) in [7, 11) is 0. The SMILES string of the molecule is Cc1cc(C(F)(F)F)cc(C)c1-n1cc2c(=O)[nH]c(N3CC4CC(C3)O4)nc2n1. The van der Waals surface area contributed by atoms with Crippen molar-refractivity contribution in [1.29, 1.82) is 0 Å². The molecular weight excluding hydrogens is 387 g/mol. The number of H-pyrrole nitrogens is 1. The number of aromatic amines is 1. The van der Waals surface area contributed by atoms with Crippen LogP contribution in [0.5, 0.6) is 0 Å². The molecule has 3 aliphatic heterocycles. The van der Waals surface area contributed by atoms with Gasteiger partial charge in [0.05, 0.1) is 23.5 Å². The average molecular weight is 405 g/mol. The third-order valence-electron chi connectivity index (χ3n) is 5.48. The van der Waals surface area contributed by atoms with E-state index in [2.05, 4.69) is 15.1 Å². The van der Waals surface area contributed by atoms with Gasteiger partial charge in [0.25, 0.3) is 5.56 Å². The smallest absolute Gasteiger partial charge is 0.371 e. The van der Waals surface area contributed by atoms with Crippen LogP contribution in [0.2, 0.25) is 0 Å². The molecule has 3 saturated heterocycles. The molecule has 1 aromatic carbocycles. The molecule has 152 valence electrons. The van der Waals surface area contributed by atoms with Gasteiger partial charge in [0.15, 0.2) is 5.65 Å². The van der Waals surface area contributed by atoms with Crippen molar-refractivity contribution < 1.29 is 17.9 Å². The molecule has 3 aliphatic rings. The van der Waals surface area contributed by atoms with Crippen molar-refractivity contribution in [3.63, 3.8) is 0 Å². The van der Waals surface area contributed by atoms with Gasteiger partial charge in [-0.3, -0.25) is 9.78 Å². The highest BCUT2D eigenvalue weighted by molar-refractivity contribution is 5.75. The Bertz CT molecular complexity index is 1140. The molecule has 3 fully saturated rings. The number of benzene rings is 1. The first kappa shape index (κ1) is 18.2. The number of aryl methyl sites for hydroxylation is 2. The summed E-state index contributed by atoms with van der Waals surface area (Å²) in [5, 5.41) is 4.67. The van der Waals surface area contributed by atoms with Gasteiger partial charge in [-0.05, 0) is 37.1 Å². The van der Waals surface area contributed by atoms with Gasteiger partial charge in [0.2, 0.25) is 5.95 Å². The highest BCUT2D eigenvalue weighted by atomic mass is 19.4. The molecule has 10 heteroatoms. The fourth-order valence-corrected chi connectivity index (χ4v) is 4.18. The van der Waals surface area contributed by atoms with Crippen molar-refractivity contribution in [1.82, 2.24) is 19.7 Å². The van der Waals surface area contributed by atoms with Crippen LogP contribution >= 0.6 is 0 Å². The molecule has 0 spiro atoms. The number of ether oxygens (including phenoxy) is 1. The Balaban J connectivity index is 1.57. The number of rotatable bonds is 2. The summed E-state index contributed by atoms with van der Waals surface area (Å²) in [6, 6.07) is 2.16. The Kier molecular flexibility index (Phi) is 3.79. The topological polar surface area (TPSA) is 76.0 Å². The van der Waals surface area contributed by atoms with E-state index in [0.29, 0.717) is 35.9 Å². The minimum absolute atomic E-state index is 0.157. The van der Waals surface area contributed by atoms with Gasteiger partial charge in [-0.2, -0.15) is 18.2 Å². The molecule has 1 N–H and O–H groups in total. The zero-order valence-corrected chi connectivity index (χ0v) is 15.7. The Hall–Kier alpha value is -2.88. The van der Waals surface area contributed by atoms with Gasteiger partial charge in [-0.15, -0.1) is 5.10 Å². The molecule has 0 saturated carbocycles. The number of hydrogen-bond acceptors (Lipinski definition) is 5. The highest BCUT2D eigenvalue weighted by Crippen LogP contribution is 2.33. The van der Waals surface area contributed by atoms with Crippen LogP contribution < -0.4 is 10.5 Å². The molecule has 7 nitrogen and oxygen atoms in total. The molecule has 0 radical (unpaired) electrons. The molecule has 2 unspecified atom stereocenters. The fraction of sp³-hybridized carbons (Fsp3) is 0.421. The van der Waals surface area contributed by atoms with Crippen molar-refractivity contribution in [2.75, 3.05) is 18.0 Å². The maximum atomic E-state index is 13.1. The molecule has 2 bridgehead atoms. The van der Waals surface area contributed by atoms with E-state index in [1.165, 1.54) is 10.9 Å². The predicted octanol–water partition coefficient (Wildman–Crippen LogP) is 2.72. The molecule has 0 aliphatic carbocycles. The maximum absolute atomic E-state index is 13.1. The number of nitrogens with one attached hydrogen (secondary N) is 1. The number of alkyl halides is 3. The Morgan fingerprint density at radius 2 is 1.79 bits per heavy atom. The zero-order valence-electron chi connectivity index (χ0n) is 15.7. The lowest BCUT2D eigenvalue weighted by Gasteiger charge is -2.47. The number of anilines is 1. The van der Waals surface area contributed by atoms with Gasteiger partial charge in [0.1, 0.15) is 5.39 Å². The van der Waals surface area contributed by atoms with Crippen LogP contribution in [0.4, 0.5) is 19.1 Å². The third kappa shape index (κ3) is 2.98. The van der Waals surface area contributed by atoms with E-state index in [0.717, 1.165) is 18.6 Å². The van der Waals surface area contributed by atoms with Crippen molar-refractivity contribution in [2.45, 2.75) is 38.7 Å². The number of halogens is 3. The highest BCUT2D eigenvalue weighted by Gasteiger charge is 2.39. The summed E-state index contributed by atoms with van der Waals surface area (Å²) in [6.45, 7) is 4.49. The Morgan fingerprint density at radius 1 is 1.17 bits per heavy atom. The van der Waals surface area contributed by atoms with E-state index in [4.69, 9.17) is 4.74 Å². The zero-order chi connectivity index (χ0) is 20.5. The minimum Gasteiger partial charge on any atom is -0.371 e. The van der Waals surface area contributed by atoms with Crippen molar-refractivity contribution in [3.05, 3.63) is 45.4 Å². The first-order chi connectivity index (χ1) is 13.7. The van der Waals surface area contributed by atoms with Crippen molar-refractivity contribution in [3.8, 4) is 5.69 Å². The van der Waals surface area contributed by atoms with Crippen LogP contribution in [0.25, 0.3) is 16.7 Å². The van der Waals surface area contributed by atoms with Crippen molar-refractivity contribution >= 4 is 17.0 Å². The van der Waals surface area contributed by atoms with Crippen LogP contribution in [0.3, 0.4) is 0 Å². The summed E-state index contributed by atoms with van der Waals surface area (Å²) < 4.78 is 46.2. The molecule has 2 aromatic heterocycles. The van der Waals surface area contributed by atoms with Crippen LogP contribution in [0.1, 0.15) is 23.1 Å². The van der Waals surface area contributed by atoms with E-state index in [1.54, 1.807) is 13.8 Å². The predicted molar refractivity (Wildman–Crippen MR) is 99.5 cm³/mol. The summed E-state index contributed by atoms with van der Waals surface area (Å²) in [4.78, 5) is 21.8. The van der Waals surface area contributed by atoms with Crippen LogP contribution in [-0.2, 0) is 10.9 Å². The van der Waals surface area contributed by atoms with Gasteiger partial charge < -0.3 is 9.64 Å². The summed E-state index contributed by atoms with van der Waals surface area (Å²) >= 11 is 0. The first-order valence-electron chi connectivity index (χ1n) is 9.28. The van der Waals surface area contributed by atoms with Gasteiger partial charge in [0, 0.05) is 25.7 Å². The standard InChI is InChI=1S/C19H18F3N5O2/c1-9-3-11(19(20,21)22)4-10(2)15(9)27-8-14-16(25-27)23-18(24-17(14)28)26-6-12-5-13(7-26)29-12/h3-4,8,12-13H,5-7H2,1-2H3,(H,23,24,25,28). The second-order valence-corrected chi connectivity index (χ2v) is 7.68. The maximum Gasteiger partial charge on any atom is 0.416 e. The first-order valence-corrected chi connectivity index (χ1v) is 9.28. The minimum atomic E-state index is -4.42. The van der Waals surface area contributed by atoms with Crippen LogP contribution in [0.15, 0.2) is 23.1 Å².